The summed E-state index contributed by atoms with van der Waals surface area (Å²) in [5, 5.41) is 5.04. The largest absolute Gasteiger partial charge is 0.456 e. The van der Waals surface area contributed by atoms with Crippen molar-refractivity contribution in [3.8, 4) is 0 Å². The van der Waals surface area contributed by atoms with Crippen LogP contribution in [0.1, 0.15) is 25.3 Å². The average Bonchev–Trinajstić information content (AvgIpc) is 3.11. The summed E-state index contributed by atoms with van der Waals surface area (Å²) < 4.78 is 8.57. The Morgan fingerprint density at radius 1 is 0.792 bits per heavy atom. The van der Waals surface area contributed by atoms with Crippen LogP contribution in [0, 0.1) is 0 Å². The van der Waals surface area contributed by atoms with Gasteiger partial charge in [0.05, 0.1) is 0 Å². The van der Waals surface area contributed by atoms with Gasteiger partial charge in [-0.05, 0) is 29.7 Å². The van der Waals surface area contributed by atoms with Gasteiger partial charge >= 0.3 is 0 Å². The van der Waals surface area contributed by atoms with E-state index in [9.17, 15) is 0 Å². The van der Waals surface area contributed by atoms with Crippen molar-refractivity contribution in [2.24, 2.45) is 7.05 Å². The number of fused-ring (bicyclic) bond motifs is 7. The van der Waals surface area contributed by atoms with E-state index in [1.165, 1.54) is 38.1 Å². The highest BCUT2D eigenvalue weighted by Crippen LogP contribution is 2.41. The van der Waals surface area contributed by atoms with E-state index in [4.69, 9.17) is 4.42 Å². The predicted molar refractivity (Wildman–Crippen MR) is 102 cm³/mol. The van der Waals surface area contributed by atoms with E-state index >= 15 is 0 Å². The second-order valence-electron chi connectivity index (χ2n) is 6.89. The Hall–Kier alpha value is -2.74. The Balaban J connectivity index is 2.10. The third-order valence-corrected chi connectivity index (χ3v) is 5.19. The maximum Gasteiger partial charge on any atom is 0.138 e. The fourth-order valence-electron chi connectivity index (χ4n) is 4.01. The Kier molecular flexibility index (Phi) is 2.64. The summed E-state index contributed by atoms with van der Waals surface area (Å²) in [5.74, 6) is 0.442. The van der Waals surface area contributed by atoms with Crippen molar-refractivity contribution < 1.29 is 4.42 Å². The van der Waals surface area contributed by atoms with E-state index in [1.54, 1.807) is 0 Å². The minimum atomic E-state index is 0.442. The second-order valence-corrected chi connectivity index (χ2v) is 6.89. The minimum absolute atomic E-state index is 0.442. The van der Waals surface area contributed by atoms with Crippen molar-refractivity contribution in [2.45, 2.75) is 19.8 Å². The van der Waals surface area contributed by atoms with Gasteiger partial charge in [-0.2, -0.15) is 0 Å². The fourth-order valence-corrected chi connectivity index (χ4v) is 4.01. The van der Waals surface area contributed by atoms with Crippen molar-refractivity contribution in [3.05, 3.63) is 60.2 Å². The van der Waals surface area contributed by atoms with Gasteiger partial charge in [-0.1, -0.05) is 50.2 Å². The lowest BCUT2D eigenvalue weighted by Crippen LogP contribution is -1.86. The average molecular weight is 313 g/mol. The summed E-state index contributed by atoms with van der Waals surface area (Å²) in [6, 6.07) is 19.4. The number of para-hydroxylation sites is 2. The van der Waals surface area contributed by atoms with Crippen LogP contribution >= 0.6 is 0 Å². The van der Waals surface area contributed by atoms with E-state index in [1.807, 2.05) is 0 Å². The van der Waals surface area contributed by atoms with Gasteiger partial charge in [-0.15, -0.1) is 0 Å². The maximum atomic E-state index is 6.30. The van der Waals surface area contributed by atoms with E-state index < -0.39 is 0 Å². The molecule has 0 aliphatic rings. The summed E-state index contributed by atoms with van der Waals surface area (Å²) in [5.41, 5.74) is 5.79. The molecular formula is C22H19NO. The molecule has 0 amide bonds. The van der Waals surface area contributed by atoms with Crippen LogP contribution in [0.25, 0.3) is 43.7 Å². The molecule has 0 aliphatic heterocycles. The topological polar surface area (TPSA) is 18.1 Å². The molecule has 5 rings (SSSR count). The highest BCUT2D eigenvalue weighted by Gasteiger charge is 2.18. The molecule has 0 N–H and O–H groups in total. The van der Waals surface area contributed by atoms with Crippen LogP contribution in [0.15, 0.2) is 59.0 Å². The SMILES string of the molecule is CC(C)c1cccc2c1oc1ccc3c(c4ccccc4n3C)c12. The molecule has 0 atom stereocenters. The molecular weight excluding hydrogens is 294 g/mol. The molecule has 0 saturated heterocycles. The van der Waals surface area contributed by atoms with Crippen molar-refractivity contribution in [1.82, 2.24) is 4.57 Å². The third-order valence-electron chi connectivity index (χ3n) is 5.19. The summed E-state index contributed by atoms with van der Waals surface area (Å²) in [7, 11) is 2.14. The number of aromatic nitrogens is 1. The molecule has 0 unspecified atom stereocenters. The molecule has 0 spiro atoms. The number of furan rings is 1. The van der Waals surface area contributed by atoms with Crippen LogP contribution in [-0.4, -0.2) is 4.57 Å². The molecule has 0 bridgehead atoms. The summed E-state index contributed by atoms with van der Waals surface area (Å²) in [6.07, 6.45) is 0. The van der Waals surface area contributed by atoms with Gasteiger partial charge in [0.15, 0.2) is 0 Å². The molecule has 3 aromatic carbocycles. The van der Waals surface area contributed by atoms with E-state index in [0.717, 1.165) is 11.2 Å². The molecule has 0 saturated carbocycles. The number of hydrogen-bond acceptors (Lipinski definition) is 1. The standard InChI is InChI=1S/C22H19NO/c1-13(2)14-8-6-9-16-21-19(24-22(14)16)12-11-18-20(21)15-7-4-5-10-17(15)23(18)3/h4-13H,1-3H3. The number of benzene rings is 3. The zero-order valence-electron chi connectivity index (χ0n) is 14.1. The van der Waals surface area contributed by atoms with Crippen molar-refractivity contribution in [1.29, 1.82) is 0 Å². The number of aryl methyl sites for hydroxylation is 1. The number of hydrogen-bond donors (Lipinski definition) is 0. The lowest BCUT2D eigenvalue weighted by molar-refractivity contribution is 0.657. The maximum absolute atomic E-state index is 6.30. The van der Waals surface area contributed by atoms with Crippen LogP contribution in [-0.2, 0) is 7.05 Å². The van der Waals surface area contributed by atoms with Crippen LogP contribution < -0.4 is 0 Å². The van der Waals surface area contributed by atoms with Gasteiger partial charge in [0.25, 0.3) is 0 Å². The molecule has 118 valence electrons. The van der Waals surface area contributed by atoms with Crippen LogP contribution in [0.4, 0.5) is 0 Å². The van der Waals surface area contributed by atoms with Crippen molar-refractivity contribution in [2.75, 3.05) is 0 Å². The molecule has 0 radical (unpaired) electrons. The Bertz CT molecular complexity index is 1240. The summed E-state index contributed by atoms with van der Waals surface area (Å²) in [6.45, 7) is 4.44. The molecule has 2 heterocycles. The normalized spacial score (nSPS) is 12.3. The molecule has 2 nitrogen and oxygen atoms in total. The molecule has 24 heavy (non-hydrogen) atoms. The Morgan fingerprint density at radius 3 is 2.42 bits per heavy atom. The number of rotatable bonds is 1. The van der Waals surface area contributed by atoms with E-state index in [-0.39, 0.29) is 0 Å². The summed E-state index contributed by atoms with van der Waals surface area (Å²) in [4.78, 5) is 0. The van der Waals surface area contributed by atoms with E-state index in [0.29, 0.717) is 5.92 Å². The highest BCUT2D eigenvalue weighted by atomic mass is 16.3. The minimum Gasteiger partial charge on any atom is -0.456 e. The second kappa shape index (κ2) is 4.64. The smallest absolute Gasteiger partial charge is 0.138 e. The van der Waals surface area contributed by atoms with Gasteiger partial charge in [0.2, 0.25) is 0 Å². The predicted octanol–water partition coefficient (Wildman–Crippen LogP) is 6.35. The quantitative estimate of drug-likeness (QED) is 0.352. The monoisotopic (exact) mass is 313 g/mol. The first-order valence-corrected chi connectivity index (χ1v) is 8.48. The highest BCUT2D eigenvalue weighted by molar-refractivity contribution is 6.27. The van der Waals surface area contributed by atoms with Crippen LogP contribution in [0.5, 0.6) is 0 Å². The zero-order chi connectivity index (χ0) is 16.4. The van der Waals surface area contributed by atoms with Crippen LogP contribution in [0.2, 0.25) is 0 Å². The van der Waals surface area contributed by atoms with E-state index in [2.05, 4.69) is 80.1 Å². The van der Waals surface area contributed by atoms with Gasteiger partial charge in [0.1, 0.15) is 11.2 Å². The Labute approximate surface area is 140 Å². The van der Waals surface area contributed by atoms with Gasteiger partial charge in [0, 0.05) is 39.6 Å². The van der Waals surface area contributed by atoms with Crippen molar-refractivity contribution in [3.63, 3.8) is 0 Å². The first-order chi connectivity index (χ1) is 11.7. The van der Waals surface area contributed by atoms with Gasteiger partial charge < -0.3 is 8.98 Å². The third kappa shape index (κ3) is 1.60. The molecule has 0 aliphatic carbocycles. The van der Waals surface area contributed by atoms with Crippen LogP contribution in [0.3, 0.4) is 0 Å². The summed E-state index contributed by atoms with van der Waals surface area (Å²) >= 11 is 0. The fraction of sp³-hybridized carbons (Fsp3) is 0.182. The molecule has 5 aromatic rings. The molecule has 2 aromatic heterocycles. The van der Waals surface area contributed by atoms with Gasteiger partial charge in [-0.3, -0.25) is 0 Å². The first-order valence-electron chi connectivity index (χ1n) is 8.48. The van der Waals surface area contributed by atoms with Gasteiger partial charge in [-0.25, -0.2) is 0 Å². The Morgan fingerprint density at radius 2 is 1.58 bits per heavy atom. The molecule has 0 fully saturated rings. The zero-order valence-corrected chi connectivity index (χ0v) is 14.1. The number of nitrogens with zero attached hydrogens (tertiary/aromatic N) is 1. The molecule has 2 heteroatoms. The first kappa shape index (κ1) is 13.7. The lowest BCUT2D eigenvalue weighted by Gasteiger charge is -2.04. The van der Waals surface area contributed by atoms with Crippen molar-refractivity contribution >= 4 is 43.7 Å². The lowest BCUT2D eigenvalue weighted by atomic mass is 9.99.